The summed E-state index contributed by atoms with van der Waals surface area (Å²) in [5.74, 6) is 0.0922. The minimum absolute atomic E-state index is 0.314. The molecule has 1 aliphatic carbocycles. The molecule has 1 aromatic rings. The van der Waals surface area contributed by atoms with E-state index < -0.39 is 6.04 Å². The number of hydrogen-bond acceptors (Lipinski definition) is 3. The molecule has 0 saturated heterocycles. The Morgan fingerprint density at radius 1 is 1.28 bits per heavy atom. The van der Waals surface area contributed by atoms with Crippen molar-refractivity contribution in [3.05, 3.63) is 45.6 Å². The van der Waals surface area contributed by atoms with Crippen molar-refractivity contribution in [2.75, 3.05) is 6.61 Å². The second-order valence-corrected chi connectivity index (χ2v) is 7.64. The summed E-state index contributed by atoms with van der Waals surface area (Å²) in [6.07, 6.45) is 5.94. The topological polar surface area (TPSA) is 67.4 Å². The summed E-state index contributed by atoms with van der Waals surface area (Å²) in [6, 6.07) is 6.76. The van der Waals surface area contributed by atoms with Crippen LogP contribution in [0.2, 0.25) is 0 Å². The summed E-state index contributed by atoms with van der Waals surface area (Å²) in [4.78, 5) is 24.6. The molecule has 2 amide bonds. The zero-order valence-electron chi connectivity index (χ0n) is 14.3. The molecule has 134 valence electrons. The molecule has 6 heteroatoms. The van der Waals surface area contributed by atoms with Gasteiger partial charge in [-0.25, -0.2) is 9.59 Å². The predicted molar refractivity (Wildman–Crippen MR) is 98.8 cm³/mol. The molecule has 1 fully saturated rings. The van der Waals surface area contributed by atoms with E-state index in [0.29, 0.717) is 23.8 Å². The van der Waals surface area contributed by atoms with Gasteiger partial charge in [0.2, 0.25) is 0 Å². The van der Waals surface area contributed by atoms with Gasteiger partial charge >= 0.3 is 12.0 Å². The molecule has 25 heavy (non-hydrogen) atoms. The molecule has 1 aromatic carbocycles. The van der Waals surface area contributed by atoms with Crippen molar-refractivity contribution in [1.29, 1.82) is 0 Å². The highest BCUT2D eigenvalue weighted by Crippen LogP contribution is 2.30. The standard InChI is InChI=1S/C19H23BrN2O3/c1-12-16(18(23)25-11-13-6-3-2-4-7-13)17(22-19(24)21-12)14-8-5-9-15(20)10-14/h5,8-10,13,17H,2-4,6-7,11H2,1H3,(H2,21,22,24)/t17-/m0/s1. The van der Waals surface area contributed by atoms with Crippen LogP contribution in [0, 0.1) is 5.92 Å². The highest BCUT2D eigenvalue weighted by Gasteiger charge is 2.32. The molecule has 0 aromatic heterocycles. The van der Waals surface area contributed by atoms with Crippen LogP contribution in [0.3, 0.4) is 0 Å². The molecule has 2 N–H and O–H groups in total. The molecule has 1 atom stereocenters. The molecule has 1 aliphatic heterocycles. The zero-order chi connectivity index (χ0) is 17.8. The van der Waals surface area contributed by atoms with Gasteiger partial charge < -0.3 is 15.4 Å². The van der Waals surface area contributed by atoms with Crippen molar-refractivity contribution < 1.29 is 14.3 Å². The third-order valence-corrected chi connectivity index (χ3v) is 5.34. The first-order valence-corrected chi connectivity index (χ1v) is 9.55. The summed E-state index contributed by atoms with van der Waals surface area (Å²) in [6.45, 7) is 2.19. The fourth-order valence-corrected chi connectivity index (χ4v) is 3.94. The van der Waals surface area contributed by atoms with Crippen LogP contribution in [0.25, 0.3) is 0 Å². The summed E-state index contributed by atoms with van der Waals surface area (Å²) in [7, 11) is 0. The summed E-state index contributed by atoms with van der Waals surface area (Å²) >= 11 is 3.44. The number of hydrogen-bond donors (Lipinski definition) is 2. The molecule has 2 aliphatic rings. The number of nitrogens with one attached hydrogen (secondary N) is 2. The van der Waals surface area contributed by atoms with Crippen molar-refractivity contribution in [2.45, 2.75) is 45.1 Å². The number of benzene rings is 1. The van der Waals surface area contributed by atoms with Crippen LogP contribution in [0.4, 0.5) is 4.79 Å². The Hall–Kier alpha value is -1.82. The van der Waals surface area contributed by atoms with E-state index in [4.69, 9.17) is 4.74 Å². The van der Waals surface area contributed by atoms with Crippen molar-refractivity contribution in [1.82, 2.24) is 10.6 Å². The normalized spacial score (nSPS) is 21.5. The molecule has 0 unspecified atom stereocenters. The van der Waals surface area contributed by atoms with Crippen molar-refractivity contribution >= 4 is 27.9 Å². The molecule has 0 spiro atoms. The van der Waals surface area contributed by atoms with E-state index in [1.54, 1.807) is 6.92 Å². The summed E-state index contributed by atoms with van der Waals surface area (Å²) < 4.78 is 6.50. The van der Waals surface area contributed by atoms with Crippen LogP contribution in [-0.2, 0) is 9.53 Å². The van der Waals surface area contributed by atoms with E-state index in [2.05, 4.69) is 26.6 Å². The Morgan fingerprint density at radius 2 is 2.04 bits per heavy atom. The largest absolute Gasteiger partial charge is 0.462 e. The van der Waals surface area contributed by atoms with Crippen LogP contribution in [-0.4, -0.2) is 18.6 Å². The highest BCUT2D eigenvalue weighted by molar-refractivity contribution is 9.10. The fourth-order valence-electron chi connectivity index (χ4n) is 3.53. The van der Waals surface area contributed by atoms with Crippen LogP contribution in [0.15, 0.2) is 40.0 Å². The van der Waals surface area contributed by atoms with Gasteiger partial charge in [-0.1, -0.05) is 47.3 Å². The molecule has 5 nitrogen and oxygen atoms in total. The van der Waals surface area contributed by atoms with Gasteiger partial charge in [-0.15, -0.1) is 0 Å². The first-order chi connectivity index (χ1) is 12.0. The Balaban J connectivity index is 1.78. The lowest BCUT2D eigenvalue weighted by atomic mass is 9.90. The summed E-state index contributed by atoms with van der Waals surface area (Å²) in [5.41, 5.74) is 1.85. The third kappa shape index (κ3) is 4.42. The number of urea groups is 1. The fraction of sp³-hybridized carbons (Fsp3) is 0.474. The van der Waals surface area contributed by atoms with E-state index >= 15 is 0 Å². The Bertz CT molecular complexity index is 696. The average molecular weight is 407 g/mol. The average Bonchev–Trinajstić information content (AvgIpc) is 2.60. The molecule has 1 saturated carbocycles. The smallest absolute Gasteiger partial charge is 0.338 e. The van der Waals surface area contributed by atoms with E-state index in [9.17, 15) is 9.59 Å². The van der Waals surface area contributed by atoms with E-state index in [-0.39, 0.29) is 12.0 Å². The number of allylic oxidation sites excluding steroid dienone is 1. The monoisotopic (exact) mass is 406 g/mol. The quantitative estimate of drug-likeness (QED) is 0.736. The zero-order valence-corrected chi connectivity index (χ0v) is 15.9. The Labute approximate surface area is 156 Å². The van der Waals surface area contributed by atoms with Crippen molar-refractivity contribution in [3.8, 4) is 0 Å². The number of rotatable bonds is 4. The first kappa shape index (κ1) is 18.0. The highest BCUT2D eigenvalue weighted by atomic mass is 79.9. The predicted octanol–water partition coefficient (Wildman–Crippen LogP) is 4.20. The van der Waals surface area contributed by atoms with Crippen LogP contribution in [0.5, 0.6) is 0 Å². The number of esters is 1. The van der Waals surface area contributed by atoms with Gasteiger partial charge in [-0.2, -0.15) is 0 Å². The number of carbonyl (C=O) groups is 2. The van der Waals surface area contributed by atoms with Crippen LogP contribution < -0.4 is 10.6 Å². The maximum atomic E-state index is 12.7. The van der Waals surface area contributed by atoms with Gasteiger partial charge in [0.05, 0.1) is 18.2 Å². The molecular formula is C19H23BrN2O3. The molecule has 3 rings (SSSR count). The third-order valence-electron chi connectivity index (χ3n) is 4.85. The lowest BCUT2D eigenvalue weighted by Crippen LogP contribution is -2.45. The molecule has 0 bridgehead atoms. The van der Waals surface area contributed by atoms with E-state index in [1.165, 1.54) is 19.3 Å². The van der Waals surface area contributed by atoms with Gasteiger partial charge in [-0.3, -0.25) is 0 Å². The number of ether oxygens (including phenoxy) is 1. The minimum Gasteiger partial charge on any atom is -0.462 e. The van der Waals surface area contributed by atoms with Gasteiger partial charge in [0.15, 0.2) is 0 Å². The van der Waals surface area contributed by atoms with Gasteiger partial charge in [0.1, 0.15) is 0 Å². The molecule has 1 heterocycles. The maximum absolute atomic E-state index is 12.7. The lowest BCUT2D eigenvalue weighted by molar-refractivity contribution is -0.141. The summed E-state index contributed by atoms with van der Waals surface area (Å²) in [5, 5.41) is 5.51. The SMILES string of the molecule is CC1=C(C(=O)OCC2CCCCC2)[C@H](c2cccc(Br)c2)NC(=O)N1. The number of amides is 2. The van der Waals surface area contributed by atoms with Gasteiger partial charge in [0, 0.05) is 10.2 Å². The van der Waals surface area contributed by atoms with Crippen molar-refractivity contribution in [3.63, 3.8) is 0 Å². The minimum atomic E-state index is -0.509. The van der Waals surface area contributed by atoms with E-state index in [1.807, 2.05) is 24.3 Å². The van der Waals surface area contributed by atoms with Gasteiger partial charge in [0.25, 0.3) is 0 Å². The van der Waals surface area contributed by atoms with Crippen LogP contribution >= 0.6 is 15.9 Å². The Morgan fingerprint density at radius 3 is 2.76 bits per heavy atom. The second-order valence-electron chi connectivity index (χ2n) is 6.73. The van der Waals surface area contributed by atoms with Crippen molar-refractivity contribution in [2.24, 2.45) is 5.92 Å². The Kier molecular flexibility index (Phi) is 5.78. The van der Waals surface area contributed by atoms with E-state index in [0.717, 1.165) is 22.9 Å². The first-order valence-electron chi connectivity index (χ1n) is 8.75. The van der Waals surface area contributed by atoms with Gasteiger partial charge in [-0.05, 0) is 43.4 Å². The molecular weight excluding hydrogens is 384 g/mol. The second kappa shape index (κ2) is 8.04. The molecule has 0 radical (unpaired) electrons. The lowest BCUT2D eigenvalue weighted by Gasteiger charge is -2.29. The maximum Gasteiger partial charge on any atom is 0.338 e. The number of halogens is 1. The number of carbonyl (C=O) groups excluding carboxylic acids is 2. The van der Waals surface area contributed by atoms with Crippen LogP contribution in [0.1, 0.15) is 50.6 Å².